The van der Waals surface area contributed by atoms with Crippen LogP contribution < -0.4 is 5.32 Å². The van der Waals surface area contributed by atoms with Crippen LogP contribution in [0, 0.1) is 5.92 Å². The molecule has 1 unspecified atom stereocenters. The van der Waals surface area contributed by atoms with E-state index in [0.29, 0.717) is 5.71 Å². The number of rotatable bonds is 0. The van der Waals surface area contributed by atoms with E-state index in [0.717, 1.165) is 0 Å². The van der Waals surface area contributed by atoms with E-state index in [1.807, 2.05) is 0 Å². The van der Waals surface area contributed by atoms with Crippen molar-refractivity contribution in [1.29, 1.82) is 0 Å². The van der Waals surface area contributed by atoms with Crippen LogP contribution in [0.1, 0.15) is 20.8 Å². The van der Waals surface area contributed by atoms with E-state index >= 15 is 0 Å². The number of imide groups is 1. The summed E-state index contributed by atoms with van der Waals surface area (Å²) >= 11 is 0. The highest BCUT2D eigenvalue weighted by Crippen LogP contribution is 2.20. The molecule has 1 saturated heterocycles. The highest BCUT2D eigenvalue weighted by Gasteiger charge is 2.41. The third-order valence-electron chi connectivity index (χ3n) is 2.60. The summed E-state index contributed by atoms with van der Waals surface area (Å²) in [6.45, 7) is 5.66. The number of nitrogens with zero attached hydrogens (tertiary/aromatic N) is 2. The van der Waals surface area contributed by atoms with Gasteiger partial charge in [-0.2, -0.15) is 4.99 Å². The lowest BCUT2D eigenvalue weighted by molar-refractivity contribution is -0.122. The Bertz CT molecular complexity index is 450. The molecule has 0 radical (unpaired) electrons. The predicted molar refractivity (Wildman–Crippen MR) is 62.3 cm³/mol. The number of likely N-dealkylation sites (tertiary alicyclic amines) is 1. The standard InChI is InChI=1S/C11H15N3O4/c1-11(2,3)18-10(17)14-4-6-7(5-14)12-9(16)13-8(6)15/h6H,4-5H2,1-3H3,(H,13,15,16). The molecule has 1 atom stereocenters. The van der Waals surface area contributed by atoms with Gasteiger partial charge < -0.3 is 9.64 Å². The Morgan fingerprint density at radius 1 is 1.44 bits per heavy atom. The maximum Gasteiger partial charge on any atom is 0.410 e. The smallest absolute Gasteiger partial charge is 0.410 e. The van der Waals surface area contributed by atoms with Gasteiger partial charge in [-0.05, 0) is 20.8 Å². The Morgan fingerprint density at radius 3 is 2.72 bits per heavy atom. The summed E-state index contributed by atoms with van der Waals surface area (Å²) in [5, 5.41) is 2.11. The van der Waals surface area contributed by atoms with Gasteiger partial charge in [0, 0.05) is 6.54 Å². The van der Waals surface area contributed by atoms with Crippen LogP contribution in [0.15, 0.2) is 4.99 Å². The summed E-state index contributed by atoms with van der Waals surface area (Å²) in [5.41, 5.74) is -0.167. The van der Waals surface area contributed by atoms with Crippen LogP contribution in [-0.2, 0) is 9.53 Å². The zero-order valence-corrected chi connectivity index (χ0v) is 10.5. The molecule has 2 heterocycles. The fourth-order valence-electron chi connectivity index (χ4n) is 1.86. The number of amides is 4. The fourth-order valence-corrected chi connectivity index (χ4v) is 1.86. The van der Waals surface area contributed by atoms with Crippen LogP contribution in [0.25, 0.3) is 0 Å². The van der Waals surface area contributed by atoms with Gasteiger partial charge in [0.05, 0.1) is 18.2 Å². The van der Waals surface area contributed by atoms with Gasteiger partial charge in [0.1, 0.15) is 5.60 Å². The Morgan fingerprint density at radius 2 is 2.11 bits per heavy atom. The molecule has 0 spiro atoms. The first-order valence-electron chi connectivity index (χ1n) is 5.66. The van der Waals surface area contributed by atoms with Crippen LogP contribution in [0.2, 0.25) is 0 Å². The Labute approximate surface area is 104 Å². The van der Waals surface area contributed by atoms with Crippen molar-refractivity contribution < 1.29 is 19.1 Å². The lowest BCUT2D eigenvalue weighted by Crippen LogP contribution is -2.42. The molecule has 0 aromatic heterocycles. The van der Waals surface area contributed by atoms with E-state index in [2.05, 4.69) is 10.3 Å². The third-order valence-corrected chi connectivity index (χ3v) is 2.60. The van der Waals surface area contributed by atoms with Gasteiger partial charge in [-0.3, -0.25) is 10.1 Å². The van der Waals surface area contributed by atoms with Crippen LogP contribution in [0.4, 0.5) is 9.59 Å². The monoisotopic (exact) mass is 253 g/mol. The molecule has 7 nitrogen and oxygen atoms in total. The van der Waals surface area contributed by atoms with E-state index in [-0.39, 0.29) is 13.1 Å². The first-order chi connectivity index (χ1) is 8.26. The lowest BCUT2D eigenvalue weighted by atomic mass is 10.1. The number of urea groups is 1. The maximum absolute atomic E-state index is 11.8. The molecule has 1 fully saturated rings. The molecule has 2 aliphatic heterocycles. The SMILES string of the molecule is CC(C)(C)OC(=O)N1CC2=NC(=O)NC(=O)C2C1. The van der Waals surface area contributed by atoms with Crippen molar-refractivity contribution in [3.8, 4) is 0 Å². The molecule has 98 valence electrons. The van der Waals surface area contributed by atoms with Crippen molar-refractivity contribution >= 4 is 23.7 Å². The molecule has 18 heavy (non-hydrogen) atoms. The summed E-state index contributed by atoms with van der Waals surface area (Å²) in [6.07, 6.45) is -0.500. The minimum absolute atomic E-state index is 0.165. The van der Waals surface area contributed by atoms with Gasteiger partial charge in [0.15, 0.2) is 0 Å². The zero-order chi connectivity index (χ0) is 13.5. The number of ether oxygens (including phenoxy) is 1. The third kappa shape index (κ3) is 2.49. The molecular formula is C11H15N3O4. The second-order valence-electron chi connectivity index (χ2n) is 5.31. The van der Waals surface area contributed by atoms with Crippen molar-refractivity contribution in [2.45, 2.75) is 26.4 Å². The molecule has 1 N–H and O–H groups in total. The van der Waals surface area contributed by atoms with Crippen molar-refractivity contribution in [3.05, 3.63) is 0 Å². The van der Waals surface area contributed by atoms with Gasteiger partial charge in [-0.25, -0.2) is 9.59 Å². The first kappa shape index (κ1) is 12.5. The number of hydrogen-bond donors (Lipinski definition) is 1. The minimum Gasteiger partial charge on any atom is -0.444 e. The molecule has 0 saturated carbocycles. The van der Waals surface area contributed by atoms with E-state index in [9.17, 15) is 14.4 Å². The largest absolute Gasteiger partial charge is 0.444 e. The van der Waals surface area contributed by atoms with E-state index in [1.165, 1.54) is 4.90 Å². The maximum atomic E-state index is 11.8. The van der Waals surface area contributed by atoms with Gasteiger partial charge in [0.25, 0.3) is 0 Å². The molecule has 4 amide bonds. The van der Waals surface area contributed by atoms with Crippen molar-refractivity contribution in [2.24, 2.45) is 10.9 Å². The number of nitrogens with one attached hydrogen (secondary N) is 1. The number of hydrogen-bond acceptors (Lipinski definition) is 4. The Balaban J connectivity index is 2.09. The van der Waals surface area contributed by atoms with Gasteiger partial charge >= 0.3 is 12.1 Å². The molecule has 0 aromatic carbocycles. The summed E-state index contributed by atoms with van der Waals surface area (Å²) in [4.78, 5) is 39.5. The summed E-state index contributed by atoms with van der Waals surface area (Å²) < 4.78 is 5.21. The van der Waals surface area contributed by atoms with Gasteiger partial charge in [-0.1, -0.05) is 0 Å². The van der Waals surface area contributed by atoms with Crippen molar-refractivity contribution in [2.75, 3.05) is 13.1 Å². The van der Waals surface area contributed by atoms with Crippen LogP contribution in [-0.4, -0.2) is 47.3 Å². The normalized spacial score (nSPS) is 23.4. The summed E-state index contributed by atoms with van der Waals surface area (Å²) in [7, 11) is 0. The van der Waals surface area contributed by atoms with Gasteiger partial charge in [0.2, 0.25) is 5.91 Å². The summed E-state index contributed by atoms with van der Waals surface area (Å²) in [5.74, 6) is -0.939. The highest BCUT2D eigenvalue weighted by molar-refractivity contribution is 6.18. The quantitative estimate of drug-likeness (QED) is 0.682. The molecule has 0 aliphatic carbocycles. The van der Waals surface area contributed by atoms with E-state index < -0.39 is 29.6 Å². The van der Waals surface area contributed by atoms with E-state index in [1.54, 1.807) is 20.8 Å². The first-order valence-corrected chi connectivity index (χ1v) is 5.66. The minimum atomic E-state index is -0.669. The lowest BCUT2D eigenvalue weighted by Gasteiger charge is -2.23. The van der Waals surface area contributed by atoms with Crippen LogP contribution >= 0.6 is 0 Å². The molecule has 2 rings (SSSR count). The molecule has 2 aliphatic rings. The summed E-state index contributed by atoms with van der Waals surface area (Å²) in [6, 6.07) is -0.669. The Kier molecular flexibility index (Phi) is 2.84. The predicted octanol–water partition coefficient (Wildman–Crippen LogP) is 0.544. The zero-order valence-electron chi connectivity index (χ0n) is 10.5. The van der Waals surface area contributed by atoms with Crippen molar-refractivity contribution in [1.82, 2.24) is 10.2 Å². The number of carbonyl (C=O) groups excluding carboxylic acids is 3. The molecule has 7 heteroatoms. The molecular weight excluding hydrogens is 238 g/mol. The highest BCUT2D eigenvalue weighted by atomic mass is 16.6. The second-order valence-corrected chi connectivity index (χ2v) is 5.31. The fraction of sp³-hybridized carbons (Fsp3) is 0.636. The Hall–Kier alpha value is -1.92. The molecule has 0 bridgehead atoms. The van der Waals surface area contributed by atoms with Crippen molar-refractivity contribution in [3.63, 3.8) is 0 Å². The average molecular weight is 253 g/mol. The van der Waals surface area contributed by atoms with Crippen LogP contribution in [0.3, 0.4) is 0 Å². The second kappa shape index (κ2) is 4.08. The number of fused-ring (bicyclic) bond motifs is 1. The number of carbonyl (C=O) groups is 3. The van der Waals surface area contributed by atoms with Gasteiger partial charge in [-0.15, -0.1) is 0 Å². The topological polar surface area (TPSA) is 88.1 Å². The number of aliphatic imine (C=N–C) groups is 1. The molecule has 0 aromatic rings. The average Bonchev–Trinajstić information content (AvgIpc) is 2.58. The van der Waals surface area contributed by atoms with Crippen LogP contribution in [0.5, 0.6) is 0 Å². The van der Waals surface area contributed by atoms with E-state index in [4.69, 9.17) is 4.74 Å².